The zero-order valence-electron chi connectivity index (χ0n) is 14.6. The van der Waals surface area contributed by atoms with Crippen molar-refractivity contribution in [3.8, 4) is 5.75 Å². The molecule has 1 N–H and O–H groups in total. The van der Waals surface area contributed by atoms with Gasteiger partial charge >= 0.3 is 5.97 Å². The summed E-state index contributed by atoms with van der Waals surface area (Å²) >= 11 is 0. The Bertz CT molecular complexity index is 787. The van der Waals surface area contributed by atoms with Crippen molar-refractivity contribution in [3.63, 3.8) is 0 Å². The standard InChI is InChI=1S/C20H20FNO4/c1-3-25-16-11-8-15(9-12-16)10-13-19(23)26-14(2)20(24)22-18-7-5-4-6-17(18)21/h4-14H,3H2,1-2H3,(H,22,24)/b13-10+/t14-/m1/s1. The van der Waals surface area contributed by atoms with Gasteiger partial charge in [0.05, 0.1) is 12.3 Å². The van der Waals surface area contributed by atoms with E-state index in [0.717, 1.165) is 11.3 Å². The highest BCUT2D eigenvalue weighted by atomic mass is 19.1. The maximum Gasteiger partial charge on any atom is 0.331 e. The summed E-state index contributed by atoms with van der Waals surface area (Å²) in [5, 5.41) is 2.38. The van der Waals surface area contributed by atoms with Crippen molar-refractivity contribution in [2.75, 3.05) is 11.9 Å². The number of nitrogens with one attached hydrogen (secondary N) is 1. The summed E-state index contributed by atoms with van der Waals surface area (Å²) in [5.41, 5.74) is 0.819. The van der Waals surface area contributed by atoms with Crippen LogP contribution in [-0.2, 0) is 14.3 Å². The number of carbonyl (C=O) groups excluding carboxylic acids is 2. The van der Waals surface area contributed by atoms with Crippen LogP contribution in [0, 0.1) is 5.82 Å². The van der Waals surface area contributed by atoms with Gasteiger partial charge in [0.25, 0.3) is 5.91 Å². The number of hydrogen-bond acceptors (Lipinski definition) is 4. The number of benzene rings is 2. The second kappa shape index (κ2) is 9.36. The predicted octanol–water partition coefficient (Wildman–Crippen LogP) is 3.81. The second-order valence-corrected chi connectivity index (χ2v) is 5.38. The Morgan fingerprint density at radius 2 is 1.85 bits per heavy atom. The first-order valence-electron chi connectivity index (χ1n) is 8.16. The van der Waals surface area contributed by atoms with Crippen LogP contribution >= 0.6 is 0 Å². The molecule has 0 saturated carbocycles. The van der Waals surface area contributed by atoms with E-state index in [9.17, 15) is 14.0 Å². The first-order chi connectivity index (χ1) is 12.5. The topological polar surface area (TPSA) is 64.6 Å². The van der Waals surface area contributed by atoms with E-state index in [1.165, 1.54) is 31.2 Å². The van der Waals surface area contributed by atoms with Gasteiger partial charge in [-0.3, -0.25) is 4.79 Å². The van der Waals surface area contributed by atoms with E-state index < -0.39 is 23.8 Å². The number of halogens is 1. The van der Waals surface area contributed by atoms with Crippen molar-refractivity contribution in [1.82, 2.24) is 0 Å². The highest BCUT2D eigenvalue weighted by Crippen LogP contribution is 2.14. The number of para-hydroxylation sites is 1. The predicted molar refractivity (Wildman–Crippen MR) is 97.2 cm³/mol. The molecular weight excluding hydrogens is 337 g/mol. The molecule has 0 unspecified atom stereocenters. The average Bonchev–Trinajstić information content (AvgIpc) is 2.63. The van der Waals surface area contributed by atoms with Crippen molar-refractivity contribution in [3.05, 3.63) is 66.0 Å². The molecule has 1 atom stereocenters. The molecule has 1 amide bonds. The Morgan fingerprint density at radius 1 is 1.15 bits per heavy atom. The Labute approximate surface area is 151 Å². The number of amides is 1. The van der Waals surface area contributed by atoms with Crippen LogP contribution in [0.4, 0.5) is 10.1 Å². The van der Waals surface area contributed by atoms with Crippen LogP contribution in [0.25, 0.3) is 6.08 Å². The number of ether oxygens (including phenoxy) is 2. The van der Waals surface area contributed by atoms with Crippen molar-refractivity contribution < 1.29 is 23.5 Å². The van der Waals surface area contributed by atoms with Crippen LogP contribution < -0.4 is 10.1 Å². The highest BCUT2D eigenvalue weighted by Gasteiger charge is 2.17. The number of rotatable bonds is 7. The van der Waals surface area contributed by atoms with Gasteiger partial charge in [-0.25, -0.2) is 9.18 Å². The minimum atomic E-state index is -1.06. The van der Waals surface area contributed by atoms with Gasteiger partial charge in [-0.15, -0.1) is 0 Å². The van der Waals surface area contributed by atoms with Crippen LogP contribution in [0.15, 0.2) is 54.6 Å². The van der Waals surface area contributed by atoms with E-state index in [1.807, 2.05) is 6.92 Å². The van der Waals surface area contributed by atoms with Gasteiger partial charge in [0, 0.05) is 6.08 Å². The third-order valence-electron chi connectivity index (χ3n) is 3.40. The molecule has 136 valence electrons. The SMILES string of the molecule is CCOc1ccc(/C=C/C(=O)O[C@H](C)C(=O)Nc2ccccc2F)cc1. The summed E-state index contributed by atoms with van der Waals surface area (Å²) in [4.78, 5) is 23.8. The molecule has 2 aromatic rings. The van der Waals surface area contributed by atoms with Crippen molar-refractivity contribution >= 4 is 23.6 Å². The molecule has 0 heterocycles. The third kappa shape index (κ3) is 5.73. The Hall–Kier alpha value is -3.15. The number of hydrogen-bond donors (Lipinski definition) is 1. The molecule has 0 aliphatic carbocycles. The molecule has 0 aliphatic rings. The molecule has 2 rings (SSSR count). The lowest BCUT2D eigenvalue weighted by Gasteiger charge is -2.12. The van der Waals surface area contributed by atoms with Gasteiger partial charge in [-0.05, 0) is 49.8 Å². The summed E-state index contributed by atoms with van der Waals surface area (Å²) < 4.78 is 23.9. The molecule has 26 heavy (non-hydrogen) atoms. The second-order valence-electron chi connectivity index (χ2n) is 5.38. The Kier molecular flexibility index (Phi) is 6.91. The van der Waals surface area contributed by atoms with E-state index in [-0.39, 0.29) is 5.69 Å². The number of carbonyl (C=O) groups is 2. The summed E-state index contributed by atoms with van der Waals surface area (Å²) in [6.07, 6.45) is 1.73. The van der Waals surface area contributed by atoms with Crippen LogP contribution in [0.5, 0.6) is 5.75 Å². The molecule has 0 aromatic heterocycles. The molecule has 0 radical (unpaired) electrons. The molecule has 0 fully saturated rings. The largest absolute Gasteiger partial charge is 0.494 e. The molecule has 0 saturated heterocycles. The van der Waals surface area contributed by atoms with Crippen LogP contribution in [0.2, 0.25) is 0 Å². The van der Waals surface area contributed by atoms with Crippen molar-refractivity contribution in [2.24, 2.45) is 0 Å². The van der Waals surface area contributed by atoms with Crippen LogP contribution in [-0.4, -0.2) is 24.6 Å². The molecule has 0 spiro atoms. The number of esters is 1. The van der Waals surface area contributed by atoms with Gasteiger partial charge in [0.15, 0.2) is 6.10 Å². The summed E-state index contributed by atoms with van der Waals surface area (Å²) in [6, 6.07) is 12.9. The summed E-state index contributed by atoms with van der Waals surface area (Å²) in [7, 11) is 0. The zero-order chi connectivity index (χ0) is 18.9. The van der Waals surface area contributed by atoms with Crippen LogP contribution in [0.3, 0.4) is 0 Å². The lowest BCUT2D eigenvalue weighted by atomic mass is 10.2. The minimum Gasteiger partial charge on any atom is -0.494 e. The summed E-state index contributed by atoms with van der Waals surface area (Å²) in [6.45, 7) is 3.89. The Morgan fingerprint density at radius 3 is 2.50 bits per heavy atom. The maximum atomic E-state index is 13.5. The third-order valence-corrected chi connectivity index (χ3v) is 3.40. The molecule has 2 aromatic carbocycles. The molecule has 0 aliphatic heterocycles. The average molecular weight is 357 g/mol. The smallest absolute Gasteiger partial charge is 0.331 e. The van der Waals surface area contributed by atoms with Gasteiger partial charge in [-0.1, -0.05) is 24.3 Å². The van der Waals surface area contributed by atoms with E-state index >= 15 is 0 Å². The minimum absolute atomic E-state index is 0.0327. The van der Waals surface area contributed by atoms with E-state index in [0.29, 0.717) is 6.61 Å². The Balaban J connectivity index is 1.87. The van der Waals surface area contributed by atoms with Gasteiger partial charge in [0.2, 0.25) is 0 Å². The van der Waals surface area contributed by atoms with Gasteiger partial charge in [-0.2, -0.15) is 0 Å². The summed E-state index contributed by atoms with van der Waals surface area (Å²) in [5.74, 6) is -1.10. The van der Waals surface area contributed by atoms with Gasteiger partial charge in [0.1, 0.15) is 11.6 Å². The monoisotopic (exact) mass is 357 g/mol. The normalized spacial score (nSPS) is 11.8. The first-order valence-corrected chi connectivity index (χ1v) is 8.16. The van der Waals surface area contributed by atoms with Crippen molar-refractivity contribution in [1.29, 1.82) is 0 Å². The van der Waals surface area contributed by atoms with E-state index in [2.05, 4.69) is 5.32 Å². The van der Waals surface area contributed by atoms with Crippen LogP contribution in [0.1, 0.15) is 19.4 Å². The fourth-order valence-corrected chi connectivity index (χ4v) is 2.07. The molecule has 6 heteroatoms. The maximum absolute atomic E-state index is 13.5. The lowest BCUT2D eigenvalue weighted by molar-refractivity contribution is -0.148. The zero-order valence-corrected chi connectivity index (χ0v) is 14.6. The van der Waals surface area contributed by atoms with E-state index in [4.69, 9.17) is 9.47 Å². The molecular formula is C20H20FNO4. The molecule has 5 nitrogen and oxygen atoms in total. The molecule has 0 bridgehead atoms. The highest BCUT2D eigenvalue weighted by molar-refractivity contribution is 5.96. The fourth-order valence-electron chi connectivity index (χ4n) is 2.07. The van der Waals surface area contributed by atoms with Crippen molar-refractivity contribution in [2.45, 2.75) is 20.0 Å². The quantitative estimate of drug-likeness (QED) is 0.605. The van der Waals surface area contributed by atoms with E-state index in [1.54, 1.807) is 36.4 Å². The van der Waals surface area contributed by atoms with Gasteiger partial charge < -0.3 is 14.8 Å². The first kappa shape index (κ1) is 19.2. The number of anilines is 1. The lowest BCUT2D eigenvalue weighted by Crippen LogP contribution is -2.29. The fraction of sp³-hybridized carbons (Fsp3) is 0.200.